The summed E-state index contributed by atoms with van der Waals surface area (Å²) in [4.78, 5) is 36.4. The quantitative estimate of drug-likeness (QED) is 0.723. The number of aromatic hydroxyl groups is 1. The second-order valence-electron chi connectivity index (χ2n) is 4.85. The highest BCUT2D eigenvalue weighted by Gasteiger charge is 2.40. The van der Waals surface area contributed by atoms with Gasteiger partial charge < -0.3 is 10.0 Å². The van der Waals surface area contributed by atoms with Crippen LogP contribution in [0.25, 0.3) is 0 Å². The maximum atomic E-state index is 13.2. The SMILES string of the molecule is O=C1CCC(N2Cc3c(O)cc(F)cc3C2=O)C(=O)N1. The molecular weight excluding hydrogens is 267 g/mol. The smallest absolute Gasteiger partial charge is 0.255 e. The van der Waals surface area contributed by atoms with E-state index >= 15 is 0 Å². The number of phenolic OH excluding ortho intramolecular Hbond substituents is 1. The number of piperidine rings is 1. The number of imide groups is 1. The van der Waals surface area contributed by atoms with Crippen molar-refractivity contribution in [3.63, 3.8) is 0 Å². The molecule has 1 unspecified atom stereocenters. The highest BCUT2D eigenvalue weighted by molar-refractivity contribution is 6.05. The van der Waals surface area contributed by atoms with Crippen molar-refractivity contribution in [2.24, 2.45) is 0 Å². The van der Waals surface area contributed by atoms with Crippen molar-refractivity contribution in [2.45, 2.75) is 25.4 Å². The van der Waals surface area contributed by atoms with E-state index in [2.05, 4.69) is 5.32 Å². The van der Waals surface area contributed by atoms with Gasteiger partial charge in [-0.1, -0.05) is 0 Å². The first-order valence-electron chi connectivity index (χ1n) is 6.13. The molecule has 6 nitrogen and oxygen atoms in total. The third-order valence-electron chi connectivity index (χ3n) is 3.60. The van der Waals surface area contributed by atoms with E-state index in [1.807, 2.05) is 0 Å². The number of fused-ring (bicyclic) bond motifs is 1. The molecule has 2 aliphatic rings. The van der Waals surface area contributed by atoms with Gasteiger partial charge in [0.15, 0.2) is 0 Å². The molecule has 2 heterocycles. The van der Waals surface area contributed by atoms with Crippen molar-refractivity contribution in [3.05, 3.63) is 29.1 Å². The number of hydrogen-bond donors (Lipinski definition) is 2. The molecule has 0 radical (unpaired) electrons. The molecule has 1 aromatic carbocycles. The molecule has 2 N–H and O–H groups in total. The van der Waals surface area contributed by atoms with E-state index in [9.17, 15) is 23.9 Å². The summed E-state index contributed by atoms with van der Waals surface area (Å²) in [5, 5.41) is 11.9. The minimum Gasteiger partial charge on any atom is -0.507 e. The van der Waals surface area contributed by atoms with Crippen LogP contribution in [-0.4, -0.2) is 33.8 Å². The minimum absolute atomic E-state index is 0.0343. The Balaban J connectivity index is 1.92. The van der Waals surface area contributed by atoms with Crippen LogP contribution in [-0.2, 0) is 16.1 Å². The lowest BCUT2D eigenvalue weighted by Crippen LogP contribution is -2.52. The van der Waals surface area contributed by atoms with Gasteiger partial charge in [0.1, 0.15) is 17.6 Å². The van der Waals surface area contributed by atoms with E-state index in [0.717, 1.165) is 12.1 Å². The Hall–Kier alpha value is -2.44. The van der Waals surface area contributed by atoms with Crippen molar-refractivity contribution in [1.29, 1.82) is 0 Å². The first kappa shape index (κ1) is 12.6. The predicted molar refractivity (Wildman–Crippen MR) is 64.1 cm³/mol. The minimum atomic E-state index is -0.768. The molecular formula is C13H11FN2O4. The second kappa shape index (κ2) is 4.29. The van der Waals surface area contributed by atoms with Crippen molar-refractivity contribution in [1.82, 2.24) is 10.2 Å². The lowest BCUT2D eigenvalue weighted by molar-refractivity contribution is -0.136. The zero-order valence-electron chi connectivity index (χ0n) is 10.4. The Morgan fingerprint density at radius 2 is 2.05 bits per heavy atom. The van der Waals surface area contributed by atoms with E-state index in [1.54, 1.807) is 0 Å². The van der Waals surface area contributed by atoms with Gasteiger partial charge in [-0.3, -0.25) is 19.7 Å². The maximum absolute atomic E-state index is 13.2. The Morgan fingerprint density at radius 3 is 2.75 bits per heavy atom. The lowest BCUT2D eigenvalue weighted by atomic mass is 10.0. The molecule has 1 fully saturated rings. The van der Waals surface area contributed by atoms with Crippen molar-refractivity contribution in [2.75, 3.05) is 0 Å². The van der Waals surface area contributed by atoms with Crippen LogP contribution in [0.3, 0.4) is 0 Å². The molecule has 0 spiro atoms. The molecule has 1 aromatic rings. The number of rotatable bonds is 1. The topological polar surface area (TPSA) is 86.7 Å². The van der Waals surface area contributed by atoms with Gasteiger partial charge in [0.2, 0.25) is 11.8 Å². The van der Waals surface area contributed by atoms with Gasteiger partial charge in [0.25, 0.3) is 5.91 Å². The van der Waals surface area contributed by atoms with Crippen LogP contribution in [0.1, 0.15) is 28.8 Å². The summed E-state index contributed by atoms with van der Waals surface area (Å²) in [5.74, 6) is -2.43. The normalized spacial score (nSPS) is 21.9. The van der Waals surface area contributed by atoms with Crippen LogP contribution >= 0.6 is 0 Å². The van der Waals surface area contributed by atoms with Crippen LogP contribution in [0.2, 0.25) is 0 Å². The zero-order valence-corrected chi connectivity index (χ0v) is 10.4. The number of nitrogens with one attached hydrogen (secondary N) is 1. The van der Waals surface area contributed by atoms with Gasteiger partial charge >= 0.3 is 0 Å². The molecule has 0 aromatic heterocycles. The van der Waals surface area contributed by atoms with E-state index < -0.39 is 23.7 Å². The van der Waals surface area contributed by atoms with E-state index in [4.69, 9.17) is 0 Å². The molecule has 1 saturated heterocycles. The average Bonchev–Trinajstić information content (AvgIpc) is 2.68. The number of phenols is 1. The highest BCUT2D eigenvalue weighted by Crippen LogP contribution is 2.33. The summed E-state index contributed by atoms with van der Waals surface area (Å²) in [7, 11) is 0. The molecule has 2 aliphatic heterocycles. The third-order valence-corrected chi connectivity index (χ3v) is 3.60. The zero-order chi connectivity index (χ0) is 14.4. The molecule has 0 bridgehead atoms. The molecule has 104 valence electrons. The summed E-state index contributed by atoms with van der Waals surface area (Å²) in [6.07, 6.45) is 0.379. The molecule has 3 rings (SSSR count). The number of benzene rings is 1. The molecule has 0 saturated carbocycles. The van der Waals surface area contributed by atoms with Crippen LogP contribution in [0.15, 0.2) is 12.1 Å². The summed E-state index contributed by atoms with van der Waals surface area (Å²) >= 11 is 0. The number of hydrogen-bond acceptors (Lipinski definition) is 4. The number of halogens is 1. The van der Waals surface area contributed by atoms with Gasteiger partial charge in [0, 0.05) is 18.1 Å². The fourth-order valence-corrected chi connectivity index (χ4v) is 2.61. The summed E-state index contributed by atoms with van der Waals surface area (Å²) in [6, 6.07) is 1.21. The number of carbonyl (C=O) groups excluding carboxylic acids is 3. The summed E-state index contributed by atoms with van der Waals surface area (Å²) < 4.78 is 13.2. The van der Waals surface area contributed by atoms with Crippen LogP contribution in [0, 0.1) is 5.82 Å². The Kier molecular flexibility index (Phi) is 2.70. The number of carbonyl (C=O) groups is 3. The average molecular weight is 278 g/mol. The van der Waals surface area contributed by atoms with E-state index in [-0.39, 0.29) is 36.6 Å². The number of amides is 3. The fraction of sp³-hybridized carbons (Fsp3) is 0.308. The predicted octanol–water partition coefficient (Wildman–Crippen LogP) is 0.292. The van der Waals surface area contributed by atoms with E-state index in [0.29, 0.717) is 5.56 Å². The first-order chi connectivity index (χ1) is 9.47. The van der Waals surface area contributed by atoms with Crippen LogP contribution < -0.4 is 5.32 Å². The van der Waals surface area contributed by atoms with Gasteiger partial charge in [-0.2, -0.15) is 0 Å². The standard InChI is InChI=1S/C13H11FN2O4/c14-6-3-7-8(10(17)4-6)5-16(13(7)20)9-1-2-11(18)15-12(9)19/h3-4,9,17H,1-2,5H2,(H,15,18,19). The van der Waals surface area contributed by atoms with Crippen molar-refractivity contribution < 1.29 is 23.9 Å². The third kappa shape index (κ3) is 1.82. The Morgan fingerprint density at radius 1 is 1.30 bits per heavy atom. The van der Waals surface area contributed by atoms with Gasteiger partial charge in [0.05, 0.1) is 12.1 Å². The molecule has 3 amide bonds. The molecule has 1 atom stereocenters. The lowest BCUT2D eigenvalue weighted by Gasteiger charge is -2.29. The van der Waals surface area contributed by atoms with E-state index in [1.165, 1.54) is 4.90 Å². The highest BCUT2D eigenvalue weighted by atomic mass is 19.1. The van der Waals surface area contributed by atoms with Crippen LogP contribution in [0.4, 0.5) is 4.39 Å². The van der Waals surface area contributed by atoms with Crippen molar-refractivity contribution >= 4 is 17.7 Å². The van der Waals surface area contributed by atoms with Crippen LogP contribution in [0.5, 0.6) is 5.75 Å². The first-order valence-corrected chi connectivity index (χ1v) is 6.13. The van der Waals surface area contributed by atoms with Crippen molar-refractivity contribution in [3.8, 4) is 5.75 Å². The molecule has 7 heteroatoms. The Bertz CT molecular complexity index is 644. The summed E-state index contributed by atoms with van der Waals surface area (Å²) in [6.45, 7) is 0.0343. The Labute approximate surface area is 113 Å². The van der Waals surface area contributed by atoms with Gasteiger partial charge in [-0.25, -0.2) is 4.39 Å². The molecule has 0 aliphatic carbocycles. The summed E-state index contributed by atoms with van der Waals surface area (Å²) in [5.41, 5.74) is 0.369. The van der Waals surface area contributed by atoms with Gasteiger partial charge in [-0.15, -0.1) is 0 Å². The van der Waals surface area contributed by atoms with Gasteiger partial charge in [-0.05, 0) is 12.5 Å². The second-order valence-corrected chi connectivity index (χ2v) is 4.85. The monoisotopic (exact) mass is 278 g/mol. The molecule has 20 heavy (non-hydrogen) atoms. The largest absolute Gasteiger partial charge is 0.507 e. The number of nitrogens with zero attached hydrogens (tertiary/aromatic N) is 1. The maximum Gasteiger partial charge on any atom is 0.255 e. The fourth-order valence-electron chi connectivity index (χ4n) is 2.61.